The van der Waals surface area contributed by atoms with Crippen LogP contribution < -0.4 is 5.73 Å². The van der Waals surface area contributed by atoms with Crippen molar-refractivity contribution >= 4 is 40.0 Å². The lowest BCUT2D eigenvalue weighted by Crippen LogP contribution is -1.92. The summed E-state index contributed by atoms with van der Waals surface area (Å²) in [4.78, 5) is 0. The summed E-state index contributed by atoms with van der Waals surface area (Å²) in [6.45, 7) is 0. The third-order valence-electron chi connectivity index (χ3n) is 2.65. The van der Waals surface area contributed by atoms with Gasteiger partial charge in [-0.3, -0.25) is 0 Å². The van der Waals surface area contributed by atoms with E-state index in [9.17, 15) is 4.39 Å². The maximum atomic E-state index is 13.5. The van der Waals surface area contributed by atoms with E-state index in [4.69, 9.17) is 17.3 Å². The zero-order chi connectivity index (χ0) is 12.7. The first kappa shape index (κ1) is 11.4. The van der Waals surface area contributed by atoms with E-state index in [1.165, 1.54) is 12.1 Å². The molecule has 0 spiro atoms. The van der Waals surface area contributed by atoms with Crippen LogP contribution in [0.3, 0.4) is 0 Å². The lowest BCUT2D eigenvalue weighted by Gasteiger charge is -2.06. The standard InChI is InChI=1S/C12H7ClFN3S/c13-8-5-10(15)9(14)4-7(8)6-1-2-11-12(3-6)17-18-16-11/h1-5H,15H2. The predicted octanol–water partition coefficient (Wildman–Crippen LogP) is 3.73. The highest BCUT2D eigenvalue weighted by atomic mass is 35.5. The molecule has 1 heterocycles. The van der Waals surface area contributed by atoms with Crippen LogP contribution in [0, 0.1) is 5.82 Å². The molecule has 0 unspecified atom stereocenters. The van der Waals surface area contributed by atoms with E-state index >= 15 is 0 Å². The minimum absolute atomic E-state index is 0.0418. The van der Waals surface area contributed by atoms with Crippen molar-refractivity contribution in [3.05, 3.63) is 41.2 Å². The Morgan fingerprint density at radius 2 is 1.89 bits per heavy atom. The van der Waals surface area contributed by atoms with E-state index in [1.807, 2.05) is 18.2 Å². The highest BCUT2D eigenvalue weighted by Crippen LogP contribution is 2.32. The first-order chi connectivity index (χ1) is 8.65. The van der Waals surface area contributed by atoms with E-state index in [2.05, 4.69) is 8.75 Å². The van der Waals surface area contributed by atoms with E-state index in [1.54, 1.807) is 0 Å². The number of hydrogen-bond donors (Lipinski definition) is 1. The Hall–Kier alpha value is -1.72. The molecule has 3 nitrogen and oxygen atoms in total. The lowest BCUT2D eigenvalue weighted by atomic mass is 10.0. The third kappa shape index (κ3) is 1.81. The Labute approximate surface area is 111 Å². The van der Waals surface area contributed by atoms with Gasteiger partial charge in [0, 0.05) is 5.56 Å². The summed E-state index contributed by atoms with van der Waals surface area (Å²) in [6, 6.07) is 8.24. The monoisotopic (exact) mass is 279 g/mol. The van der Waals surface area contributed by atoms with Crippen LogP contribution in [0.1, 0.15) is 0 Å². The minimum Gasteiger partial charge on any atom is -0.396 e. The van der Waals surface area contributed by atoms with Gasteiger partial charge in [0.25, 0.3) is 0 Å². The van der Waals surface area contributed by atoms with Crippen molar-refractivity contribution in [3.8, 4) is 11.1 Å². The number of aromatic nitrogens is 2. The van der Waals surface area contributed by atoms with Crippen LogP contribution in [-0.2, 0) is 0 Å². The molecule has 3 aromatic rings. The molecule has 0 atom stereocenters. The van der Waals surface area contributed by atoms with Crippen LogP contribution in [0.15, 0.2) is 30.3 Å². The quantitative estimate of drug-likeness (QED) is 0.691. The molecule has 0 saturated heterocycles. The van der Waals surface area contributed by atoms with Gasteiger partial charge < -0.3 is 5.73 Å². The average molecular weight is 280 g/mol. The van der Waals surface area contributed by atoms with Crippen molar-refractivity contribution in [2.45, 2.75) is 0 Å². The van der Waals surface area contributed by atoms with Crippen molar-refractivity contribution in [3.63, 3.8) is 0 Å². The van der Waals surface area contributed by atoms with Gasteiger partial charge in [0.05, 0.1) is 22.4 Å². The number of rotatable bonds is 1. The Morgan fingerprint density at radius 3 is 2.72 bits per heavy atom. The number of halogens is 2. The molecular weight excluding hydrogens is 273 g/mol. The lowest BCUT2D eigenvalue weighted by molar-refractivity contribution is 0.633. The van der Waals surface area contributed by atoms with Crippen molar-refractivity contribution in [2.24, 2.45) is 0 Å². The SMILES string of the molecule is Nc1cc(Cl)c(-c2ccc3nsnc3c2)cc1F. The molecular formula is C12H7ClFN3S. The molecule has 3 rings (SSSR count). The molecule has 0 aliphatic carbocycles. The second-order valence-electron chi connectivity index (χ2n) is 3.82. The second kappa shape index (κ2) is 4.19. The van der Waals surface area contributed by atoms with E-state index in [-0.39, 0.29) is 5.69 Å². The fourth-order valence-corrected chi connectivity index (χ4v) is 2.53. The number of benzene rings is 2. The third-order valence-corrected chi connectivity index (χ3v) is 3.52. The van der Waals surface area contributed by atoms with Crippen LogP contribution in [0.2, 0.25) is 5.02 Å². The molecule has 0 saturated carbocycles. The van der Waals surface area contributed by atoms with Gasteiger partial charge in [0.1, 0.15) is 16.9 Å². The summed E-state index contributed by atoms with van der Waals surface area (Å²) in [6.07, 6.45) is 0. The van der Waals surface area contributed by atoms with Gasteiger partial charge in [-0.15, -0.1) is 0 Å². The topological polar surface area (TPSA) is 51.8 Å². The van der Waals surface area contributed by atoms with Crippen LogP contribution in [0.5, 0.6) is 0 Å². The van der Waals surface area contributed by atoms with Gasteiger partial charge in [0.15, 0.2) is 0 Å². The van der Waals surface area contributed by atoms with Gasteiger partial charge in [0.2, 0.25) is 0 Å². The first-order valence-corrected chi connectivity index (χ1v) is 6.23. The largest absolute Gasteiger partial charge is 0.396 e. The second-order valence-corrected chi connectivity index (χ2v) is 4.76. The summed E-state index contributed by atoms with van der Waals surface area (Å²) in [5.74, 6) is -0.481. The molecule has 0 bridgehead atoms. The fourth-order valence-electron chi connectivity index (χ4n) is 1.73. The smallest absolute Gasteiger partial charge is 0.146 e. The van der Waals surface area contributed by atoms with Crippen LogP contribution in [0.25, 0.3) is 22.2 Å². The van der Waals surface area contributed by atoms with Crippen molar-refractivity contribution in [1.29, 1.82) is 0 Å². The molecule has 90 valence electrons. The number of nitrogens with two attached hydrogens (primary N) is 1. The average Bonchev–Trinajstić information content (AvgIpc) is 2.80. The minimum atomic E-state index is -0.481. The first-order valence-electron chi connectivity index (χ1n) is 5.12. The van der Waals surface area contributed by atoms with Crippen molar-refractivity contribution < 1.29 is 4.39 Å². The van der Waals surface area contributed by atoms with E-state index in [0.29, 0.717) is 10.6 Å². The molecule has 6 heteroatoms. The molecule has 0 radical (unpaired) electrons. The number of fused-ring (bicyclic) bond motifs is 1. The van der Waals surface area contributed by atoms with E-state index < -0.39 is 5.82 Å². The molecule has 2 aromatic carbocycles. The Kier molecular flexibility index (Phi) is 2.65. The molecule has 18 heavy (non-hydrogen) atoms. The zero-order valence-electron chi connectivity index (χ0n) is 9.02. The fraction of sp³-hybridized carbons (Fsp3) is 0. The van der Waals surface area contributed by atoms with Gasteiger partial charge >= 0.3 is 0 Å². The molecule has 0 aliphatic heterocycles. The Bertz CT molecular complexity index is 741. The molecule has 1 aromatic heterocycles. The van der Waals surface area contributed by atoms with Crippen LogP contribution in [-0.4, -0.2) is 8.75 Å². The van der Waals surface area contributed by atoms with Gasteiger partial charge in [-0.2, -0.15) is 8.75 Å². The number of anilines is 1. The maximum absolute atomic E-state index is 13.5. The summed E-state index contributed by atoms with van der Waals surface area (Å²) < 4.78 is 21.7. The van der Waals surface area contributed by atoms with Gasteiger partial charge in [-0.1, -0.05) is 17.7 Å². The maximum Gasteiger partial charge on any atom is 0.146 e. The highest BCUT2D eigenvalue weighted by molar-refractivity contribution is 7.00. The van der Waals surface area contributed by atoms with Gasteiger partial charge in [-0.25, -0.2) is 4.39 Å². The summed E-state index contributed by atoms with van der Waals surface area (Å²) in [5, 5.41) is 0.413. The normalized spacial score (nSPS) is 11.0. The molecule has 0 amide bonds. The highest BCUT2D eigenvalue weighted by Gasteiger charge is 2.10. The Morgan fingerprint density at radius 1 is 1.11 bits per heavy atom. The number of nitrogens with zero attached hydrogens (tertiary/aromatic N) is 2. The van der Waals surface area contributed by atoms with Crippen LogP contribution in [0.4, 0.5) is 10.1 Å². The molecule has 0 fully saturated rings. The summed E-state index contributed by atoms with van der Waals surface area (Å²) in [5.41, 5.74) is 8.47. The van der Waals surface area contributed by atoms with Crippen molar-refractivity contribution in [1.82, 2.24) is 8.75 Å². The van der Waals surface area contributed by atoms with E-state index in [0.717, 1.165) is 28.3 Å². The Balaban J connectivity index is 2.21. The summed E-state index contributed by atoms with van der Waals surface area (Å²) >= 11 is 7.22. The number of nitrogen functional groups attached to an aromatic ring is 1. The summed E-state index contributed by atoms with van der Waals surface area (Å²) in [7, 11) is 0. The van der Waals surface area contributed by atoms with Gasteiger partial charge in [-0.05, 0) is 29.8 Å². The predicted molar refractivity (Wildman–Crippen MR) is 72.2 cm³/mol. The van der Waals surface area contributed by atoms with Crippen LogP contribution >= 0.6 is 23.3 Å². The molecule has 0 aliphatic rings. The molecule has 2 N–H and O–H groups in total. The van der Waals surface area contributed by atoms with Crippen molar-refractivity contribution in [2.75, 3.05) is 5.73 Å². The number of hydrogen-bond acceptors (Lipinski definition) is 4. The zero-order valence-corrected chi connectivity index (χ0v) is 10.6.